The van der Waals surface area contributed by atoms with Crippen molar-refractivity contribution < 1.29 is 9.72 Å². The van der Waals surface area contributed by atoms with Gasteiger partial charge in [0.2, 0.25) is 11.9 Å². The number of anilines is 1. The molecule has 3 rings (SSSR count). The average molecular weight is 353 g/mol. The number of rotatable bonds is 5. The number of benzene rings is 1. The zero-order chi connectivity index (χ0) is 18.4. The highest BCUT2D eigenvalue weighted by atomic mass is 16.6. The lowest BCUT2D eigenvalue weighted by Gasteiger charge is -2.32. The summed E-state index contributed by atoms with van der Waals surface area (Å²) >= 11 is 0. The quantitative estimate of drug-likeness (QED) is 0.502. The Morgan fingerprint density at radius 3 is 2.69 bits per heavy atom. The van der Waals surface area contributed by atoms with Crippen LogP contribution in [0.2, 0.25) is 0 Å². The smallest absolute Gasteiger partial charge is 0.269 e. The van der Waals surface area contributed by atoms with Gasteiger partial charge in [-0.2, -0.15) is 0 Å². The van der Waals surface area contributed by atoms with Crippen LogP contribution in [0.25, 0.3) is 6.08 Å². The molecule has 1 aromatic heterocycles. The first kappa shape index (κ1) is 17.5. The Morgan fingerprint density at radius 2 is 2.00 bits per heavy atom. The number of nitrogens with one attached hydrogen (secondary N) is 1. The van der Waals surface area contributed by atoms with Crippen molar-refractivity contribution in [2.75, 3.05) is 18.0 Å². The maximum Gasteiger partial charge on any atom is 0.269 e. The van der Waals surface area contributed by atoms with E-state index >= 15 is 0 Å². The summed E-state index contributed by atoms with van der Waals surface area (Å²) in [7, 11) is 0. The fourth-order valence-corrected chi connectivity index (χ4v) is 2.86. The molecule has 8 nitrogen and oxygen atoms in total. The van der Waals surface area contributed by atoms with E-state index in [9.17, 15) is 14.9 Å². The first-order valence-electron chi connectivity index (χ1n) is 8.37. The lowest BCUT2D eigenvalue weighted by atomic mass is 10.1. The van der Waals surface area contributed by atoms with Crippen molar-refractivity contribution in [3.63, 3.8) is 0 Å². The minimum atomic E-state index is -0.453. The number of amides is 1. The molecule has 1 aliphatic heterocycles. The van der Waals surface area contributed by atoms with Crippen molar-refractivity contribution in [2.45, 2.75) is 18.9 Å². The first-order chi connectivity index (χ1) is 12.6. The number of nitro benzene ring substituents is 1. The highest BCUT2D eigenvalue weighted by Gasteiger charge is 2.22. The van der Waals surface area contributed by atoms with Crippen LogP contribution in [0.3, 0.4) is 0 Å². The number of hydrogen-bond acceptors (Lipinski definition) is 6. The van der Waals surface area contributed by atoms with Crippen LogP contribution in [-0.2, 0) is 4.79 Å². The average Bonchev–Trinajstić information content (AvgIpc) is 2.67. The molecule has 1 N–H and O–H groups in total. The van der Waals surface area contributed by atoms with Crippen LogP contribution in [0.5, 0.6) is 0 Å². The Bertz CT molecular complexity index is 792. The molecule has 26 heavy (non-hydrogen) atoms. The second-order valence-corrected chi connectivity index (χ2v) is 6.02. The van der Waals surface area contributed by atoms with Crippen LogP contribution >= 0.6 is 0 Å². The van der Waals surface area contributed by atoms with Crippen LogP contribution in [0, 0.1) is 10.1 Å². The van der Waals surface area contributed by atoms with Crippen molar-refractivity contribution >= 4 is 23.6 Å². The lowest BCUT2D eigenvalue weighted by molar-refractivity contribution is -0.384. The molecule has 1 fully saturated rings. The summed E-state index contributed by atoms with van der Waals surface area (Å²) in [6, 6.07) is 7.85. The molecule has 1 amide bonds. The fourth-order valence-electron chi connectivity index (χ4n) is 2.86. The SMILES string of the molecule is O=C(C=Cc1ccc([N+](=O)[O-])cc1)NC1CCCN(c2ncccn2)C1. The number of piperidine rings is 1. The van der Waals surface area contributed by atoms with Gasteiger partial charge in [-0.1, -0.05) is 0 Å². The molecule has 8 heteroatoms. The van der Waals surface area contributed by atoms with Crippen LogP contribution in [-0.4, -0.2) is 39.9 Å². The highest BCUT2D eigenvalue weighted by Crippen LogP contribution is 2.16. The van der Waals surface area contributed by atoms with Crippen molar-refractivity contribution in [3.8, 4) is 0 Å². The molecular formula is C18H19N5O3. The minimum Gasteiger partial charge on any atom is -0.348 e. The van der Waals surface area contributed by atoms with Crippen LogP contribution in [0.4, 0.5) is 11.6 Å². The second kappa shape index (κ2) is 8.19. The van der Waals surface area contributed by atoms with Gasteiger partial charge in [0.05, 0.1) is 4.92 Å². The number of nitro groups is 1. The first-order valence-corrected chi connectivity index (χ1v) is 8.37. The Hall–Kier alpha value is -3.29. The lowest BCUT2D eigenvalue weighted by Crippen LogP contribution is -2.47. The molecule has 0 aliphatic carbocycles. The molecule has 1 atom stereocenters. The topological polar surface area (TPSA) is 101 Å². The third kappa shape index (κ3) is 4.62. The molecule has 1 aliphatic rings. The van der Waals surface area contributed by atoms with Crippen molar-refractivity contribution in [2.24, 2.45) is 0 Å². The zero-order valence-electron chi connectivity index (χ0n) is 14.1. The van der Waals surface area contributed by atoms with E-state index in [1.165, 1.54) is 18.2 Å². The normalized spacial score (nSPS) is 17.2. The van der Waals surface area contributed by atoms with Gasteiger partial charge >= 0.3 is 0 Å². The molecule has 0 radical (unpaired) electrons. The van der Waals surface area contributed by atoms with E-state index in [2.05, 4.69) is 20.2 Å². The minimum absolute atomic E-state index is 0.0250. The number of carbonyl (C=O) groups excluding carboxylic acids is 1. The highest BCUT2D eigenvalue weighted by molar-refractivity contribution is 5.92. The number of non-ortho nitro benzene ring substituents is 1. The molecule has 134 valence electrons. The second-order valence-electron chi connectivity index (χ2n) is 6.02. The van der Waals surface area contributed by atoms with E-state index in [4.69, 9.17) is 0 Å². The third-order valence-electron chi connectivity index (χ3n) is 4.13. The molecule has 2 aromatic rings. The van der Waals surface area contributed by atoms with E-state index in [1.54, 1.807) is 36.7 Å². The van der Waals surface area contributed by atoms with E-state index in [0.29, 0.717) is 12.5 Å². The standard InChI is InChI=1S/C18H19N5O3/c24-17(9-6-14-4-7-16(8-5-14)23(25)26)21-15-3-1-12-22(13-15)18-19-10-2-11-20-18/h2,4-11,15H,1,3,12-13H2,(H,21,24). The predicted molar refractivity (Wildman–Crippen MR) is 97.5 cm³/mol. The van der Waals surface area contributed by atoms with Crippen molar-refractivity contribution in [3.05, 3.63) is 64.5 Å². The number of carbonyl (C=O) groups is 1. The van der Waals surface area contributed by atoms with E-state index in [-0.39, 0.29) is 17.6 Å². The van der Waals surface area contributed by atoms with E-state index < -0.39 is 4.92 Å². The molecule has 1 saturated heterocycles. The Labute approximate surface area is 150 Å². The summed E-state index contributed by atoms with van der Waals surface area (Å²) in [5.74, 6) is 0.483. The summed E-state index contributed by atoms with van der Waals surface area (Å²) in [5, 5.41) is 13.6. The van der Waals surface area contributed by atoms with Gasteiger partial charge in [-0.25, -0.2) is 9.97 Å². The van der Waals surface area contributed by atoms with Crippen LogP contribution in [0.1, 0.15) is 18.4 Å². The molecule has 1 aromatic carbocycles. The number of nitrogens with zero attached hydrogens (tertiary/aromatic N) is 4. The maximum absolute atomic E-state index is 12.1. The summed E-state index contributed by atoms with van der Waals surface area (Å²) in [6.07, 6.45) is 8.35. The third-order valence-corrected chi connectivity index (χ3v) is 4.13. The van der Waals surface area contributed by atoms with Gasteiger partial charge < -0.3 is 10.2 Å². The van der Waals surface area contributed by atoms with Crippen LogP contribution < -0.4 is 10.2 Å². The van der Waals surface area contributed by atoms with Gasteiger partial charge in [0.1, 0.15) is 0 Å². The van der Waals surface area contributed by atoms with E-state index in [0.717, 1.165) is 24.9 Å². The van der Waals surface area contributed by atoms with Gasteiger partial charge in [0.15, 0.2) is 0 Å². The largest absolute Gasteiger partial charge is 0.348 e. The van der Waals surface area contributed by atoms with Crippen molar-refractivity contribution in [1.29, 1.82) is 0 Å². The Balaban J connectivity index is 1.54. The zero-order valence-corrected chi connectivity index (χ0v) is 14.1. The number of aromatic nitrogens is 2. The van der Waals surface area contributed by atoms with Gasteiger partial charge in [0.25, 0.3) is 5.69 Å². The van der Waals surface area contributed by atoms with Crippen molar-refractivity contribution in [1.82, 2.24) is 15.3 Å². The summed E-state index contributed by atoms with van der Waals surface area (Å²) in [5.41, 5.74) is 0.755. The Morgan fingerprint density at radius 1 is 1.27 bits per heavy atom. The Kier molecular flexibility index (Phi) is 5.52. The van der Waals surface area contributed by atoms with E-state index in [1.807, 2.05) is 0 Å². The fraction of sp³-hybridized carbons (Fsp3) is 0.278. The molecule has 2 heterocycles. The van der Waals surface area contributed by atoms with Gasteiger partial charge in [-0.3, -0.25) is 14.9 Å². The summed E-state index contributed by atoms with van der Waals surface area (Å²) in [4.78, 5) is 32.9. The molecule has 0 spiro atoms. The van der Waals surface area contributed by atoms with Gasteiger partial charge in [0, 0.05) is 49.7 Å². The summed E-state index contributed by atoms with van der Waals surface area (Å²) < 4.78 is 0. The molecule has 1 unspecified atom stereocenters. The molecule has 0 bridgehead atoms. The molecule has 0 saturated carbocycles. The monoisotopic (exact) mass is 353 g/mol. The van der Waals surface area contributed by atoms with Gasteiger partial charge in [-0.15, -0.1) is 0 Å². The molecular weight excluding hydrogens is 334 g/mol. The van der Waals surface area contributed by atoms with Crippen LogP contribution in [0.15, 0.2) is 48.8 Å². The predicted octanol–water partition coefficient (Wildman–Crippen LogP) is 2.18. The number of hydrogen-bond donors (Lipinski definition) is 1. The van der Waals surface area contributed by atoms with Gasteiger partial charge in [-0.05, 0) is 42.7 Å². The maximum atomic E-state index is 12.1. The summed E-state index contributed by atoms with van der Waals surface area (Å²) in [6.45, 7) is 1.54.